The van der Waals surface area contributed by atoms with Crippen molar-refractivity contribution in [3.8, 4) is 0 Å². The van der Waals surface area contributed by atoms with E-state index in [9.17, 15) is 8.42 Å². The first kappa shape index (κ1) is 15.3. The largest absolute Gasteiger partial charge is 0.396 e. The molecule has 2 aromatic rings. The normalized spacial score (nSPS) is 11.5. The van der Waals surface area contributed by atoms with E-state index in [1.807, 2.05) is 6.07 Å². The van der Waals surface area contributed by atoms with Crippen LogP contribution >= 0.6 is 22.9 Å². The Balaban J connectivity index is 2.40. The highest BCUT2D eigenvalue weighted by molar-refractivity contribution is 7.94. The molecule has 0 aliphatic rings. The molecule has 2 rings (SSSR count). The Labute approximate surface area is 127 Å². The van der Waals surface area contributed by atoms with Gasteiger partial charge in [0.15, 0.2) is 0 Å². The van der Waals surface area contributed by atoms with E-state index >= 15 is 0 Å². The van der Waals surface area contributed by atoms with Crippen LogP contribution in [0.3, 0.4) is 0 Å². The highest BCUT2D eigenvalue weighted by atomic mass is 35.5. The van der Waals surface area contributed by atoms with Gasteiger partial charge in [0.2, 0.25) is 0 Å². The highest BCUT2D eigenvalue weighted by Gasteiger charge is 2.26. The van der Waals surface area contributed by atoms with Crippen molar-refractivity contribution in [3.05, 3.63) is 46.8 Å². The number of sulfonamides is 1. The van der Waals surface area contributed by atoms with E-state index in [0.717, 1.165) is 11.3 Å². The summed E-state index contributed by atoms with van der Waals surface area (Å²) in [6, 6.07) is 11.9. The maximum absolute atomic E-state index is 12.6. The van der Waals surface area contributed by atoms with Crippen molar-refractivity contribution in [3.63, 3.8) is 0 Å². The van der Waals surface area contributed by atoms with Gasteiger partial charge in [0.1, 0.15) is 4.21 Å². The maximum Gasteiger partial charge on any atom is 0.273 e. The van der Waals surface area contributed by atoms with E-state index in [1.54, 1.807) is 30.3 Å². The average Bonchev–Trinajstić information content (AvgIpc) is 2.88. The van der Waals surface area contributed by atoms with E-state index in [4.69, 9.17) is 16.7 Å². The molecule has 0 unspecified atom stereocenters. The number of hydrogen-bond donors (Lipinski definition) is 1. The molecule has 0 saturated heterocycles. The van der Waals surface area contributed by atoms with Crippen molar-refractivity contribution >= 4 is 38.6 Å². The van der Waals surface area contributed by atoms with Gasteiger partial charge in [-0.05, 0) is 30.7 Å². The van der Waals surface area contributed by atoms with E-state index < -0.39 is 10.0 Å². The molecule has 7 heteroatoms. The Hall–Kier alpha value is -1.08. The second-order valence-electron chi connectivity index (χ2n) is 4.05. The van der Waals surface area contributed by atoms with Gasteiger partial charge in [0, 0.05) is 13.2 Å². The molecule has 1 N–H and O–H groups in total. The van der Waals surface area contributed by atoms with Crippen molar-refractivity contribution < 1.29 is 13.5 Å². The number of thiophene rings is 1. The van der Waals surface area contributed by atoms with Gasteiger partial charge < -0.3 is 5.11 Å². The van der Waals surface area contributed by atoms with Crippen molar-refractivity contribution in [2.24, 2.45) is 0 Å². The van der Waals surface area contributed by atoms with Gasteiger partial charge in [-0.2, -0.15) is 0 Å². The average molecular weight is 332 g/mol. The molecule has 0 radical (unpaired) electrons. The number of rotatable bonds is 6. The minimum atomic E-state index is -3.65. The van der Waals surface area contributed by atoms with Crippen LogP contribution in [0.1, 0.15) is 6.42 Å². The van der Waals surface area contributed by atoms with Crippen LogP contribution in [0.15, 0.2) is 46.7 Å². The molecule has 0 atom stereocenters. The van der Waals surface area contributed by atoms with Crippen molar-refractivity contribution in [2.45, 2.75) is 10.6 Å². The molecule has 20 heavy (non-hydrogen) atoms. The Bertz CT molecular complexity index is 655. The van der Waals surface area contributed by atoms with E-state index in [1.165, 1.54) is 10.4 Å². The molecule has 0 bridgehead atoms. The lowest BCUT2D eigenvalue weighted by molar-refractivity contribution is 0.291. The zero-order chi connectivity index (χ0) is 14.6. The molecule has 0 aliphatic heterocycles. The Morgan fingerprint density at radius 2 is 1.85 bits per heavy atom. The zero-order valence-corrected chi connectivity index (χ0v) is 13.0. The van der Waals surface area contributed by atoms with Crippen LogP contribution in [0, 0.1) is 0 Å². The summed E-state index contributed by atoms with van der Waals surface area (Å²) in [5.74, 6) is 0. The number of nitrogens with zero attached hydrogens (tertiary/aromatic N) is 1. The fraction of sp³-hybridized carbons (Fsp3) is 0.231. The molecule has 1 heterocycles. The zero-order valence-electron chi connectivity index (χ0n) is 10.6. The summed E-state index contributed by atoms with van der Waals surface area (Å²) in [5, 5.41) is 8.96. The molecule has 0 aliphatic carbocycles. The van der Waals surface area contributed by atoms with E-state index in [-0.39, 0.29) is 17.4 Å². The Morgan fingerprint density at radius 1 is 1.15 bits per heavy atom. The van der Waals surface area contributed by atoms with Gasteiger partial charge in [0.05, 0.1) is 10.0 Å². The molecule has 0 amide bonds. The SMILES string of the molecule is O=S(=O)(c1ccc(Cl)s1)N(CCCO)c1ccccc1. The highest BCUT2D eigenvalue weighted by Crippen LogP contribution is 2.30. The summed E-state index contributed by atoms with van der Waals surface area (Å²) in [7, 11) is -3.65. The second kappa shape index (κ2) is 6.58. The molecule has 0 spiro atoms. The van der Waals surface area contributed by atoms with Crippen molar-refractivity contribution in [1.29, 1.82) is 0 Å². The number of hydrogen-bond acceptors (Lipinski definition) is 4. The third kappa shape index (κ3) is 3.32. The Morgan fingerprint density at radius 3 is 2.40 bits per heavy atom. The van der Waals surface area contributed by atoms with Crippen LogP contribution in [0.5, 0.6) is 0 Å². The van der Waals surface area contributed by atoms with Crippen LogP contribution in [0.25, 0.3) is 0 Å². The monoisotopic (exact) mass is 331 g/mol. The second-order valence-corrected chi connectivity index (χ2v) is 7.85. The Kier molecular flexibility index (Phi) is 5.04. The molecular weight excluding hydrogens is 318 g/mol. The van der Waals surface area contributed by atoms with Crippen LogP contribution in [0.4, 0.5) is 5.69 Å². The first-order valence-corrected chi connectivity index (χ1v) is 8.63. The van der Waals surface area contributed by atoms with Crippen LogP contribution in [0.2, 0.25) is 4.34 Å². The molecule has 1 aromatic heterocycles. The minimum Gasteiger partial charge on any atom is -0.396 e. The predicted octanol–water partition coefficient (Wildman–Crippen LogP) is 2.98. The first-order valence-electron chi connectivity index (χ1n) is 5.99. The minimum absolute atomic E-state index is 0.0654. The van der Waals surface area contributed by atoms with E-state index in [2.05, 4.69) is 0 Å². The van der Waals surface area contributed by atoms with Crippen molar-refractivity contribution in [1.82, 2.24) is 0 Å². The van der Waals surface area contributed by atoms with Gasteiger partial charge in [-0.25, -0.2) is 8.42 Å². The van der Waals surface area contributed by atoms with Crippen molar-refractivity contribution in [2.75, 3.05) is 17.5 Å². The summed E-state index contributed by atoms with van der Waals surface area (Å²) in [6.07, 6.45) is 0.368. The lowest BCUT2D eigenvalue weighted by Crippen LogP contribution is -2.31. The summed E-state index contributed by atoms with van der Waals surface area (Å²) in [6.45, 7) is 0.155. The van der Waals surface area contributed by atoms with Gasteiger partial charge in [-0.15, -0.1) is 11.3 Å². The fourth-order valence-electron chi connectivity index (χ4n) is 1.74. The standard InChI is InChI=1S/C13H14ClNO3S2/c14-12-7-8-13(19-12)20(17,18)15(9-4-10-16)11-5-2-1-3-6-11/h1-3,5-8,16H,4,9-10H2. The number of halogens is 1. The number of para-hydroxylation sites is 1. The molecule has 1 aromatic carbocycles. The summed E-state index contributed by atoms with van der Waals surface area (Å²) >= 11 is 6.84. The molecule has 0 saturated carbocycles. The fourth-order valence-corrected chi connectivity index (χ4v) is 4.84. The molecule has 0 fully saturated rings. The smallest absolute Gasteiger partial charge is 0.273 e. The summed E-state index contributed by atoms with van der Waals surface area (Å²) in [5.41, 5.74) is 0.575. The van der Waals surface area contributed by atoms with Gasteiger partial charge in [0.25, 0.3) is 10.0 Å². The number of benzene rings is 1. The molecule has 108 valence electrons. The van der Waals surface area contributed by atoms with Gasteiger partial charge in [-0.3, -0.25) is 4.31 Å². The number of anilines is 1. The van der Waals surface area contributed by atoms with E-state index in [0.29, 0.717) is 16.4 Å². The quantitative estimate of drug-likeness (QED) is 0.885. The lowest BCUT2D eigenvalue weighted by atomic mass is 10.3. The third-order valence-electron chi connectivity index (χ3n) is 2.66. The van der Waals surface area contributed by atoms with Crippen LogP contribution in [-0.4, -0.2) is 26.7 Å². The molecular formula is C13H14ClNO3S2. The van der Waals surface area contributed by atoms with Gasteiger partial charge >= 0.3 is 0 Å². The van der Waals surface area contributed by atoms with Gasteiger partial charge in [-0.1, -0.05) is 29.8 Å². The lowest BCUT2D eigenvalue weighted by Gasteiger charge is -2.23. The summed E-state index contributed by atoms with van der Waals surface area (Å²) in [4.78, 5) is 0. The number of aliphatic hydroxyl groups excluding tert-OH is 1. The predicted molar refractivity (Wildman–Crippen MR) is 82.0 cm³/mol. The van der Waals surface area contributed by atoms with Crippen LogP contribution in [-0.2, 0) is 10.0 Å². The van der Waals surface area contributed by atoms with Crippen LogP contribution < -0.4 is 4.31 Å². The summed E-state index contributed by atoms with van der Waals surface area (Å²) < 4.78 is 27.2. The maximum atomic E-state index is 12.6. The first-order chi connectivity index (χ1) is 9.55. The molecule has 4 nitrogen and oxygen atoms in total. The third-order valence-corrected chi connectivity index (χ3v) is 6.18. The topological polar surface area (TPSA) is 57.6 Å². The number of aliphatic hydroxyl groups is 1.